The average molecular weight is 416 g/mol. The Labute approximate surface area is 167 Å². The van der Waals surface area contributed by atoms with Crippen molar-refractivity contribution in [3.63, 3.8) is 0 Å². The maximum atomic E-state index is 13.4. The molecule has 0 saturated heterocycles. The van der Waals surface area contributed by atoms with Gasteiger partial charge in [-0.15, -0.1) is 0 Å². The first-order chi connectivity index (χ1) is 13.8. The largest absolute Gasteiger partial charge is 0.345 e. The van der Waals surface area contributed by atoms with E-state index in [0.29, 0.717) is 6.07 Å². The molecule has 0 spiro atoms. The van der Waals surface area contributed by atoms with Crippen LogP contribution < -0.4 is 10.0 Å². The molecule has 3 rings (SSSR count). The van der Waals surface area contributed by atoms with Crippen molar-refractivity contribution in [3.05, 3.63) is 95.6 Å². The Balaban J connectivity index is 1.85. The number of halogens is 2. The fourth-order valence-electron chi connectivity index (χ4n) is 2.72. The zero-order valence-corrected chi connectivity index (χ0v) is 16.2. The monoisotopic (exact) mass is 416 g/mol. The number of carbonyl (C=O) groups is 1. The van der Waals surface area contributed by atoms with Gasteiger partial charge >= 0.3 is 0 Å². The number of carbonyl (C=O) groups excluding carboxylic acids is 1. The molecule has 0 aliphatic rings. The number of para-hydroxylation sites is 1. The lowest BCUT2D eigenvalue weighted by atomic mass is 10.1. The Bertz CT molecular complexity index is 1140. The molecule has 2 N–H and O–H groups in total. The third-order valence-electron chi connectivity index (χ3n) is 4.26. The molecule has 0 aliphatic heterocycles. The van der Waals surface area contributed by atoms with Crippen LogP contribution in [-0.2, 0) is 10.0 Å². The number of anilines is 1. The third kappa shape index (κ3) is 4.78. The second-order valence-electron chi connectivity index (χ2n) is 6.33. The first-order valence-corrected chi connectivity index (χ1v) is 10.2. The second-order valence-corrected chi connectivity index (χ2v) is 8.02. The highest BCUT2D eigenvalue weighted by molar-refractivity contribution is 7.92. The molecule has 3 aromatic rings. The van der Waals surface area contributed by atoms with Gasteiger partial charge in [0.1, 0.15) is 0 Å². The Kier molecular flexibility index (Phi) is 5.93. The second kappa shape index (κ2) is 8.40. The average Bonchev–Trinajstić information content (AvgIpc) is 2.70. The summed E-state index contributed by atoms with van der Waals surface area (Å²) in [5, 5.41) is 2.81. The van der Waals surface area contributed by atoms with E-state index in [1.54, 1.807) is 19.1 Å². The summed E-state index contributed by atoms with van der Waals surface area (Å²) in [7, 11) is -4.23. The SMILES string of the molecule is C[C@H](NC(=O)c1ccccc1NS(=O)(=O)c1ccc(F)c(F)c1)c1ccccc1. The third-order valence-corrected chi connectivity index (χ3v) is 5.63. The number of rotatable bonds is 6. The predicted molar refractivity (Wildman–Crippen MR) is 106 cm³/mol. The molecular formula is C21H18F2N2O3S. The van der Waals surface area contributed by atoms with Gasteiger partial charge in [-0.05, 0) is 42.8 Å². The molecule has 0 radical (unpaired) electrons. The molecule has 3 aromatic carbocycles. The summed E-state index contributed by atoms with van der Waals surface area (Å²) < 4.78 is 53.9. The van der Waals surface area contributed by atoms with Crippen LogP contribution in [0.4, 0.5) is 14.5 Å². The van der Waals surface area contributed by atoms with E-state index in [9.17, 15) is 22.0 Å². The number of hydrogen-bond acceptors (Lipinski definition) is 3. The van der Waals surface area contributed by atoms with E-state index in [1.165, 1.54) is 12.1 Å². The molecule has 1 atom stereocenters. The van der Waals surface area contributed by atoms with E-state index in [0.717, 1.165) is 17.7 Å². The maximum absolute atomic E-state index is 13.4. The van der Waals surface area contributed by atoms with Gasteiger partial charge in [-0.25, -0.2) is 17.2 Å². The Hall–Kier alpha value is -3.26. The first kappa shape index (κ1) is 20.5. The zero-order valence-electron chi connectivity index (χ0n) is 15.4. The van der Waals surface area contributed by atoms with Crippen molar-refractivity contribution in [1.29, 1.82) is 0 Å². The minimum Gasteiger partial charge on any atom is -0.345 e. The summed E-state index contributed by atoms with van der Waals surface area (Å²) in [5.41, 5.74) is 1.01. The fraction of sp³-hybridized carbons (Fsp3) is 0.0952. The maximum Gasteiger partial charge on any atom is 0.262 e. The Morgan fingerprint density at radius 2 is 1.55 bits per heavy atom. The van der Waals surface area contributed by atoms with Crippen LogP contribution in [0.2, 0.25) is 0 Å². The summed E-state index contributed by atoms with van der Waals surface area (Å²) >= 11 is 0. The lowest BCUT2D eigenvalue weighted by Crippen LogP contribution is -2.28. The fourth-order valence-corrected chi connectivity index (χ4v) is 3.81. The van der Waals surface area contributed by atoms with Crippen molar-refractivity contribution in [2.24, 2.45) is 0 Å². The molecular weight excluding hydrogens is 398 g/mol. The van der Waals surface area contributed by atoms with Crippen molar-refractivity contribution >= 4 is 21.6 Å². The van der Waals surface area contributed by atoms with Gasteiger partial charge in [0.2, 0.25) is 0 Å². The molecule has 5 nitrogen and oxygen atoms in total. The van der Waals surface area contributed by atoms with Crippen LogP contribution in [0.25, 0.3) is 0 Å². The van der Waals surface area contributed by atoms with Crippen LogP contribution in [-0.4, -0.2) is 14.3 Å². The highest BCUT2D eigenvalue weighted by Gasteiger charge is 2.21. The van der Waals surface area contributed by atoms with Crippen molar-refractivity contribution in [2.75, 3.05) is 4.72 Å². The first-order valence-electron chi connectivity index (χ1n) is 8.70. The highest BCUT2D eigenvalue weighted by atomic mass is 32.2. The lowest BCUT2D eigenvalue weighted by Gasteiger charge is -2.17. The summed E-state index contributed by atoms with van der Waals surface area (Å²) in [6.07, 6.45) is 0. The number of benzene rings is 3. The van der Waals surface area contributed by atoms with Crippen LogP contribution in [0.5, 0.6) is 0 Å². The summed E-state index contributed by atoms with van der Waals surface area (Å²) in [6.45, 7) is 1.81. The van der Waals surface area contributed by atoms with Gasteiger partial charge in [-0.3, -0.25) is 9.52 Å². The van der Waals surface area contributed by atoms with E-state index in [2.05, 4.69) is 10.0 Å². The quantitative estimate of drug-likeness (QED) is 0.631. The molecule has 0 unspecified atom stereocenters. The molecule has 8 heteroatoms. The minimum absolute atomic E-state index is 0.0231. The number of hydrogen-bond donors (Lipinski definition) is 2. The van der Waals surface area contributed by atoms with Crippen LogP contribution >= 0.6 is 0 Å². The van der Waals surface area contributed by atoms with Crippen LogP contribution in [0.15, 0.2) is 77.7 Å². The van der Waals surface area contributed by atoms with Crippen molar-refractivity contribution in [1.82, 2.24) is 5.32 Å². The molecule has 0 saturated carbocycles. The molecule has 1 amide bonds. The highest BCUT2D eigenvalue weighted by Crippen LogP contribution is 2.22. The van der Waals surface area contributed by atoms with Gasteiger partial charge in [0.05, 0.1) is 22.2 Å². The van der Waals surface area contributed by atoms with Crippen LogP contribution in [0, 0.1) is 11.6 Å². The molecule has 29 heavy (non-hydrogen) atoms. The predicted octanol–water partition coefficient (Wildman–Crippen LogP) is 4.26. The molecule has 150 valence electrons. The van der Waals surface area contributed by atoms with Gasteiger partial charge in [0.25, 0.3) is 15.9 Å². The molecule has 0 heterocycles. The standard InChI is InChI=1S/C21H18F2N2O3S/c1-14(15-7-3-2-4-8-15)24-21(26)17-9-5-6-10-20(17)25-29(27,28)16-11-12-18(22)19(23)13-16/h2-14,25H,1H3,(H,24,26)/t14-/m0/s1. The Morgan fingerprint density at radius 1 is 0.897 bits per heavy atom. The summed E-state index contributed by atoms with van der Waals surface area (Å²) in [5.74, 6) is -2.92. The van der Waals surface area contributed by atoms with E-state index < -0.39 is 32.5 Å². The number of amides is 1. The van der Waals surface area contributed by atoms with E-state index in [1.807, 2.05) is 30.3 Å². The molecule has 0 fully saturated rings. The van der Waals surface area contributed by atoms with Crippen molar-refractivity contribution < 1.29 is 22.0 Å². The summed E-state index contributed by atoms with van der Waals surface area (Å²) in [4.78, 5) is 12.3. The van der Waals surface area contributed by atoms with Gasteiger partial charge < -0.3 is 5.32 Å². The molecule has 0 bridgehead atoms. The zero-order chi connectivity index (χ0) is 21.0. The van der Waals surface area contributed by atoms with E-state index >= 15 is 0 Å². The number of nitrogens with one attached hydrogen (secondary N) is 2. The van der Waals surface area contributed by atoms with Crippen molar-refractivity contribution in [3.8, 4) is 0 Å². The van der Waals surface area contributed by atoms with E-state index in [4.69, 9.17) is 0 Å². The van der Waals surface area contributed by atoms with Gasteiger partial charge in [-0.1, -0.05) is 42.5 Å². The smallest absolute Gasteiger partial charge is 0.262 e. The van der Waals surface area contributed by atoms with Gasteiger partial charge in [0.15, 0.2) is 11.6 Å². The molecule has 0 aliphatic carbocycles. The van der Waals surface area contributed by atoms with Gasteiger partial charge in [-0.2, -0.15) is 0 Å². The topological polar surface area (TPSA) is 75.3 Å². The van der Waals surface area contributed by atoms with Crippen molar-refractivity contribution in [2.45, 2.75) is 17.9 Å². The Morgan fingerprint density at radius 3 is 2.24 bits per heavy atom. The van der Waals surface area contributed by atoms with Gasteiger partial charge in [0, 0.05) is 0 Å². The van der Waals surface area contributed by atoms with Crippen LogP contribution in [0.1, 0.15) is 28.9 Å². The van der Waals surface area contributed by atoms with Crippen LogP contribution in [0.3, 0.4) is 0 Å². The summed E-state index contributed by atoms with van der Waals surface area (Å²) in [6, 6.07) is 17.3. The lowest BCUT2D eigenvalue weighted by molar-refractivity contribution is 0.0941. The normalized spacial score (nSPS) is 12.2. The van der Waals surface area contributed by atoms with E-state index in [-0.39, 0.29) is 17.3 Å². The molecule has 0 aromatic heterocycles. The minimum atomic E-state index is -4.23. The number of sulfonamides is 1.